The zero-order chi connectivity index (χ0) is 19.4. The molecular weight excluding hydrogens is 354 g/mol. The van der Waals surface area contributed by atoms with E-state index in [1.165, 1.54) is 12.0 Å². The molecule has 0 radical (unpaired) electrons. The average Bonchev–Trinajstić information content (AvgIpc) is 3.00. The number of piperazine rings is 1. The fourth-order valence-electron chi connectivity index (χ4n) is 3.31. The van der Waals surface area contributed by atoms with Gasteiger partial charge in [-0.1, -0.05) is 51.1 Å². The minimum absolute atomic E-state index is 0.153. The Morgan fingerprint density at radius 3 is 2.41 bits per heavy atom. The summed E-state index contributed by atoms with van der Waals surface area (Å²) in [4.78, 5) is 22.9. The Labute approximate surface area is 167 Å². The lowest BCUT2D eigenvalue weighted by molar-refractivity contribution is 0.0627. The van der Waals surface area contributed by atoms with Gasteiger partial charge >= 0.3 is 0 Å². The molecule has 0 spiro atoms. The third-order valence-electron chi connectivity index (χ3n) is 5.07. The molecule has 1 aromatic heterocycles. The van der Waals surface area contributed by atoms with Gasteiger partial charge in [0.05, 0.1) is 10.7 Å². The summed E-state index contributed by atoms with van der Waals surface area (Å²) in [5.41, 5.74) is 2.46. The van der Waals surface area contributed by atoms with E-state index in [0.29, 0.717) is 5.41 Å². The minimum Gasteiger partial charge on any atom is -0.335 e. The van der Waals surface area contributed by atoms with Crippen LogP contribution in [0.3, 0.4) is 0 Å². The standard InChI is InChI=1S/C22H31N3OS/c1-17-20(27-19(23-17)16-18-8-6-5-7-9-18)21(26)25-14-12-24(13-15-25)11-10-22(2,3)4/h5-9H,10-16H2,1-4H3. The highest BCUT2D eigenvalue weighted by molar-refractivity contribution is 7.13. The van der Waals surface area contributed by atoms with Gasteiger partial charge in [0.2, 0.25) is 0 Å². The Balaban J connectivity index is 1.57. The fraction of sp³-hybridized carbons (Fsp3) is 0.545. The summed E-state index contributed by atoms with van der Waals surface area (Å²) in [5, 5.41) is 1.02. The monoisotopic (exact) mass is 385 g/mol. The van der Waals surface area contributed by atoms with E-state index in [2.05, 4.69) is 42.8 Å². The summed E-state index contributed by atoms with van der Waals surface area (Å²) < 4.78 is 0. The van der Waals surface area contributed by atoms with E-state index in [4.69, 9.17) is 0 Å². The molecule has 5 heteroatoms. The highest BCUT2D eigenvalue weighted by atomic mass is 32.1. The van der Waals surface area contributed by atoms with Crippen molar-refractivity contribution in [1.82, 2.24) is 14.8 Å². The lowest BCUT2D eigenvalue weighted by Gasteiger charge is -2.35. The van der Waals surface area contributed by atoms with Crippen LogP contribution < -0.4 is 0 Å². The van der Waals surface area contributed by atoms with Crippen LogP contribution in [0.5, 0.6) is 0 Å². The van der Waals surface area contributed by atoms with E-state index in [1.807, 2.05) is 30.0 Å². The molecule has 0 atom stereocenters. The second kappa shape index (κ2) is 8.53. The van der Waals surface area contributed by atoms with E-state index >= 15 is 0 Å². The van der Waals surface area contributed by atoms with Gasteiger partial charge < -0.3 is 4.90 Å². The van der Waals surface area contributed by atoms with Gasteiger partial charge in [0.1, 0.15) is 4.88 Å². The normalized spacial score (nSPS) is 15.9. The highest BCUT2D eigenvalue weighted by Gasteiger charge is 2.26. The van der Waals surface area contributed by atoms with Crippen LogP contribution in [0.25, 0.3) is 0 Å². The molecule has 1 saturated heterocycles. The lowest BCUT2D eigenvalue weighted by atomic mass is 9.92. The summed E-state index contributed by atoms with van der Waals surface area (Å²) in [6.45, 7) is 13.5. The van der Waals surface area contributed by atoms with Crippen LogP contribution >= 0.6 is 11.3 Å². The number of benzene rings is 1. The van der Waals surface area contributed by atoms with Crippen molar-refractivity contribution >= 4 is 17.2 Å². The second-order valence-electron chi connectivity index (χ2n) is 8.63. The SMILES string of the molecule is Cc1nc(Cc2ccccc2)sc1C(=O)N1CCN(CCC(C)(C)C)CC1. The van der Waals surface area contributed by atoms with Crippen molar-refractivity contribution in [3.05, 3.63) is 51.5 Å². The Bertz CT molecular complexity index is 756. The third kappa shape index (κ3) is 5.63. The zero-order valence-corrected chi connectivity index (χ0v) is 17.8. The average molecular weight is 386 g/mol. The molecule has 1 aliphatic heterocycles. The molecule has 1 aliphatic rings. The van der Waals surface area contributed by atoms with Gasteiger partial charge in [-0.3, -0.25) is 9.69 Å². The minimum atomic E-state index is 0.153. The number of hydrogen-bond acceptors (Lipinski definition) is 4. The number of carbonyl (C=O) groups is 1. The first-order valence-electron chi connectivity index (χ1n) is 9.84. The van der Waals surface area contributed by atoms with E-state index in [1.54, 1.807) is 11.3 Å². The third-order valence-corrected chi connectivity index (χ3v) is 6.22. The van der Waals surface area contributed by atoms with E-state index in [9.17, 15) is 4.79 Å². The molecule has 0 aliphatic carbocycles. The maximum Gasteiger partial charge on any atom is 0.265 e. The van der Waals surface area contributed by atoms with Crippen LogP contribution in [0.15, 0.2) is 30.3 Å². The number of rotatable bonds is 5. The molecule has 0 bridgehead atoms. The lowest BCUT2D eigenvalue weighted by Crippen LogP contribution is -2.49. The molecule has 27 heavy (non-hydrogen) atoms. The molecule has 0 N–H and O–H groups in total. The molecule has 3 rings (SSSR count). The predicted octanol–water partition coefficient (Wildman–Crippen LogP) is 4.24. The maximum atomic E-state index is 13.0. The van der Waals surface area contributed by atoms with Crippen molar-refractivity contribution in [3.63, 3.8) is 0 Å². The summed E-state index contributed by atoms with van der Waals surface area (Å²) in [6, 6.07) is 10.3. The van der Waals surface area contributed by atoms with Crippen molar-refractivity contribution in [1.29, 1.82) is 0 Å². The number of thiazole rings is 1. The number of carbonyl (C=O) groups excluding carboxylic acids is 1. The van der Waals surface area contributed by atoms with Crippen molar-refractivity contribution in [2.24, 2.45) is 5.41 Å². The molecule has 1 aromatic carbocycles. The van der Waals surface area contributed by atoms with Crippen LogP contribution in [-0.2, 0) is 6.42 Å². The smallest absolute Gasteiger partial charge is 0.265 e. The van der Waals surface area contributed by atoms with Crippen LogP contribution in [0.1, 0.15) is 53.1 Å². The molecule has 2 heterocycles. The summed E-state index contributed by atoms with van der Waals surface area (Å²) in [7, 11) is 0. The number of hydrogen-bond donors (Lipinski definition) is 0. The zero-order valence-electron chi connectivity index (χ0n) is 17.0. The molecular formula is C22H31N3OS. The highest BCUT2D eigenvalue weighted by Crippen LogP contribution is 2.24. The molecule has 4 nitrogen and oxygen atoms in total. The summed E-state index contributed by atoms with van der Waals surface area (Å²) in [5.74, 6) is 0.153. The van der Waals surface area contributed by atoms with Gasteiger partial charge in [-0.15, -0.1) is 11.3 Å². The van der Waals surface area contributed by atoms with Crippen LogP contribution in [-0.4, -0.2) is 53.4 Å². The van der Waals surface area contributed by atoms with Gasteiger partial charge in [-0.2, -0.15) is 0 Å². The van der Waals surface area contributed by atoms with Gasteiger partial charge in [-0.25, -0.2) is 4.98 Å². The van der Waals surface area contributed by atoms with Crippen molar-refractivity contribution in [2.45, 2.75) is 40.5 Å². The van der Waals surface area contributed by atoms with Gasteiger partial charge in [0, 0.05) is 32.6 Å². The van der Waals surface area contributed by atoms with Gasteiger partial charge in [0.25, 0.3) is 5.91 Å². The first-order valence-corrected chi connectivity index (χ1v) is 10.7. The first kappa shape index (κ1) is 20.0. The van der Waals surface area contributed by atoms with Crippen molar-refractivity contribution in [2.75, 3.05) is 32.7 Å². The van der Waals surface area contributed by atoms with Gasteiger partial charge in [-0.05, 0) is 30.9 Å². The van der Waals surface area contributed by atoms with Crippen molar-refractivity contribution < 1.29 is 4.79 Å². The second-order valence-corrected chi connectivity index (χ2v) is 9.71. The number of aromatic nitrogens is 1. The molecule has 146 valence electrons. The quantitative estimate of drug-likeness (QED) is 0.772. The number of nitrogens with zero attached hydrogens (tertiary/aromatic N) is 3. The Kier molecular flexibility index (Phi) is 6.33. The Morgan fingerprint density at radius 2 is 1.78 bits per heavy atom. The van der Waals surface area contributed by atoms with Crippen LogP contribution in [0.2, 0.25) is 0 Å². The molecule has 0 unspecified atom stereocenters. The predicted molar refractivity (Wildman–Crippen MR) is 113 cm³/mol. The Hall–Kier alpha value is -1.72. The van der Waals surface area contributed by atoms with E-state index in [0.717, 1.165) is 54.7 Å². The Morgan fingerprint density at radius 1 is 1.11 bits per heavy atom. The number of aryl methyl sites for hydroxylation is 1. The molecule has 0 saturated carbocycles. The van der Waals surface area contributed by atoms with E-state index in [-0.39, 0.29) is 5.91 Å². The topological polar surface area (TPSA) is 36.4 Å². The van der Waals surface area contributed by atoms with Crippen LogP contribution in [0.4, 0.5) is 0 Å². The number of amides is 1. The van der Waals surface area contributed by atoms with Gasteiger partial charge in [0.15, 0.2) is 0 Å². The molecule has 1 amide bonds. The van der Waals surface area contributed by atoms with Crippen molar-refractivity contribution in [3.8, 4) is 0 Å². The maximum absolute atomic E-state index is 13.0. The fourth-order valence-corrected chi connectivity index (χ4v) is 4.38. The summed E-state index contributed by atoms with van der Waals surface area (Å²) >= 11 is 1.55. The first-order chi connectivity index (χ1) is 12.8. The largest absolute Gasteiger partial charge is 0.335 e. The summed E-state index contributed by atoms with van der Waals surface area (Å²) in [6.07, 6.45) is 1.98. The molecule has 1 fully saturated rings. The molecule has 2 aromatic rings. The van der Waals surface area contributed by atoms with Crippen LogP contribution in [0, 0.1) is 12.3 Å². The van der Waals surface area contributed by atoms with E-state index < -0.39 is 0 Å².